The molecule has 2 heterocycles. The van der Waals surface area contributed by atoms with Crippen molar-refractivity contribution in [1.29, 1.82) is 0 Å². The Morgan fingerprint density at radius 2 is 1.79 bits per heavy atom. The molecule has 1 N–H and O–H groups in total. The second-order valence-electron chi connectivity index (χ2n) is 5.73. The van der Waals surface area contributed by atoms with Crippen molar-refractivity contribution in [3.8, 4) is 9.88 Å². The molecule has 7 heteroatoms. The Bertz CT molecular complexity index is 1000. The maximum absolute atomic E-state index is 12.7. The third-order valence-electron chi connectivity index (χ3n) is 3.75. The Morgan fingerprint density at radius 3 is 2.42 bits per heavy atom. The molecule has 24 heavy (non-hydrogen) atoms. The third-order valence-corrected chi connectivity index (χ3v) is 7.57. The number of benzene rings is 1. The van der Waals surface area contributed by atoms with Crippen LogP contribution in [0.25, 0.3) is 9.88 Å². The summed E-state index contributed by atoms with van der Waals surface area (Å²) in [6, 6.07) is 7.26. The van der Waals surface area contributed by atoms with Gasteiger partial charge in [0.15, 0.2) is 0 Å². The van der Waals surface area contributed by atoms with E-state index in [1.54, 1.807) is 12.1 Å². The molecular weight excluding hydrogens is 360 g/mol. The lowest BCUT2D eigenvalue weighted by Crippen LogP contribution is -2.13. The number of hydrogen-bond donors (Lipinski definition) is 1. The third kappa shape index (κ3) is 3.38. The fourth-order valence-corrected chi connectivity index (χ4v) is 5.82. The van der Waals surface area contributed by atoms with E-state index in [1.165, 1.54) is 22.7 Å². The molecule has 2 aromatic heterocycles. The van der Waals surface area contributed by atoms with E-state index >= 15 is 0 Å². The molecule has 0 atom stereocenters. The van der Waals surface area contributed by atoms with Crippen LogP contribution < -0.4 is 4.72 Å². The highest BCUT2D eigenvalue weighted by Crippen LogP contribution is 2.35. The van der Waals surface area contributed by atoms with Crippen molar-refractivity contribution in [3.05, 3.63) is 51.3 Å². The molecule has 0 fully saturated rings. The van der Waals surface area contributed by atoms with Crippen LogP contribution in [-0.2, 0) is 10.0 Å². The molecule has 0 saturated heterocycles. The van der Waals surface area contributed by atoms with Crippen LogP contribution >= 0.6 is 22.7 Å². The van der Waals surface area contributed by atoms with Crippen LogP contribution in [-0.4, -0.2) is 13.4 Å². The van der Waals surface area contributed by atoms with E-state index in [9.17, 15) is 8.42 Å². The van der Waals surface area contributed by atoms with Gasteiger partial charge in [0.1, 0.15) is 9.90 Å². The largest absolute Gasteiger partial charge is 0.280 e. The summed E-state index contributed by atoms with van der Waals surface area (Å²) in [6.07, 6.45) is 0. The Labute approximate surface area is 150 Å². The maximum atomic E-state index is 12.7. The molecule has 0 amide bonds. The SMILES string of the molecule is Cc1csc(-c2cc(S(=O)(=O)Nc3ccc(C)c(C)c3)c(C)s2)n1. The molecule has 3 aromatic rings. The van der Waals surface area contributed by atoms with E-state index < -0.39 is 10.0 Å². The Hall–Kier alpha value is -1.70. The molecule has 3 rings (SSSR count). The van der Waals surface area contributed by atoms with Gasteiger partial charge >= 0.3 is 0 Å². The van der Waals surface area contributed by atoms with Crippen LogP contribution in [0.2, 0.25) is 0 Å². The molecule has 0 aliphatic carbocycles. The quantitative estimate of drug-likeness (QED) is 0.702. The minimum Gasteiger partial charge on any atom is -0.280 e. The topological polar surface area (TPSA) is 59.1 Å². The van der Waals surface area contributed by atoms with Crippen molar-refractivity contribution in [1.82, 2.24) is 4.98 Å². The van der Waals surface area contributed by atoms with Crippen molar-refractivity contribution < 1.29 is 8.42 Å². The maximum Gasteiger partial charge on any atom is 0.263 e. The van der Waals surface area contributed by atoms with E-state index in [1.807, 2.05) is 45.2 Å². The van der Waals surface area contributed by atoms with Gasteiger partial charge in [-0.1, -0.05) is 6.07 Å². The summed E-state index contributed by atoms with van der Waals surface area (Å²) < 4.78 is 28.2. The van der Waals surface area contributed by atoms with E-state index in [4.69, 9.17) is 0 Å². The highest BCUT2D eigenvalue weighted by molar-refractivity contribution is 7.93. The second-order valence-corrected chi connectivity index (χ2v) is 9.49. The summed E-state index contributed by atoms with van der Waals surface area (Å²) in [4.78, 5) is 6.39. The first-order valence-corrected chi connectivity index (χ1v) is 10.6. The van der Waals surface area contributed by atoms with Crippen LogP contribution in [0.15, 0.2) is 34.5 Å². The predicted molar refractivity (Wildman–Crippen MR) is 102 cm³/mol. The number of anilines is 1. The molecule has 4 nitrogen and oxygen atoms in total. The zero-order valence-corrected chi connectivity index (χ0v) is 16.3. The summed E-state index contributed by atoms with van der Waals surface area (Å²) in [5.74, 6) is 0. The van der Waals surface area contributed by atoms with Gasteiger partial charge in [0.05, 0.1) is 4.88 Å². The molecule has 0 unspecified atom stereocenters. The molecule has 0 spiro atoms. The van der Waals surface area contributed by atoms with Crippen molar-refractivity contribution >= 4 is 38.4 Å². The highest BCUT2D eigenvalue weighted by Gasteiger charge is 2.21. The number of rotatable bonds is 4. The highest BCUT2D eigenvalue weighted by atomic mass is 32.2. The minimum absolute atomic E-state index is 0.314. The number of aryl methyl sites for hydroxylation is 4. The molecular formula is C17H18N2O2S3. The van der Waals surface area contributed by atoms with Crippen molar-refractivity contribution in [2.24, 2.45) is 0 Å². The number of nitrogens with zero attached hydrogens (tertiary/aromatic N) is 1. The Balaban J connectivity index is 1.95. The average Bonchev–Trinajstić information content (AvgIpc) is 3.09. The minimum atomic E-state index is -3.62. The first-order chi connectivity index (χ1) is 11.3. The van der Waals surface area contributed by atoms with Crippen molar-refractivity contribution in [2.45, 2.75) is 32.6 Å². The number of hydrogen-bond acceptors (Lipinski definition) is 5. The number of nitrogens with one attached hydrogen (secondary N) is 1. The second kappa shape index (κ2) is 6.31. The Kier molecular flexibility index (Phi) is 4.50. The fourth-order valence-electron chi connectivity index (χ4n) is 2.32. The predicted octanol–water partition coefficient (Wildman–Crippen LogP) is 4.91. The lowest BCUT2D eigenvalue weighted by molar-refractivity contribution is 0.601. The van der Waals surface area contributed by atoms with Crippen LogP contribution in [0.3, 0.4) is 0 Å². The van der Waals surface area contributed by atoms with Crippen LogP contribution in [0, 0.1) is 27.7 Å². The average molecular weight is 379 g/mol. The zero-order valence-electron chi connectivity index (χ0n) is 13.9. The van der Waals surface area contributed by atoms with Gasteiger partial charge in [-0.15, -0.1) is 22.7 Å². The number of thiazole rings is 1. The van der Waals surface area contributed by atoms with Gasteiger partial charge < -0.3 is 0 Å². The van der Waals surface area contributed by atoms with E-state index in [2.05, 4.69) is 9.71 Å². The fraction of sp³-hybridized carbons (Fsp3) is 0.235. The standard InChI is InChI=1S/C17H18N2O2S3/c1-10-5-6-14(7-11(10)2)19-24(20,21)16-8-15(23-13(16)4)17-18-12(3)9-22-17/h5-9,19H,1-4H3. The summed E-state index contributed by atoms with van der Waals surface area (Å²) in [5.41, 5.74) is 3.70. The smallest absolute Gasteiger partial charge is 0.263 e. The molecule has 0 aliphatic rings. The molecule has 1 aromatic carbocycles. The number of aromatic nitrogens is 1. The first kappa shape index (κ1) is 17.1. The van der Waals surface area contributed by atoms with Gasteiger partial charge in [-0.3, -0.25) is 4.72 Å². The van der Waals surface area contributed by atoms with Gasteiger partial charge in [-0.2, -0.15) is 0 Å². The number of sulfonamides is 1. The zero-order chi connectivity index (χ0) is 17.5. The van der Waals surface area contributed by atoms with Gasteiger partial charge in [-0.05, 0) is 57.0 Å². The van der Waals surface area contributed by atoms with Crippen molar-refractivity contribution in [2.75, 3.05) is 4.72 Å². The Morgan fingerprint density at radius 1 is 1.04 bits per heavy atom. The summed E-state index contributed by atoms with van der Waals surface area (Å²) in [6.45, 7) is 7.72. The van der Waals surface area contributed by atoms with Crippen LogP contribution in [0.1, 0.15) is 21.7 Å². The van der Waals surface area contributed by atoms with Gasteiger partial charge in [0.2, 0.25) is 0 Å². The van der Waals surface area contributed by atoms with Crippen LogP contribution in [0.5, 0.6) is 0 Å². The molecule has 0 radical (unpaired) electrons. The summed E-state index contributed by atoms with van der Waals surface area (Å²) >= 11 is 2.98. The van der Waals surface area contributed by atoms with Gasteiger partial charge in [-0.25, -0.2) is 13.4 Å². The van der Waals surface area contributed by atoms with Gasteiger partial charge in [0, 0.05) is 21.6 Å². The lowest BCUT2D eigenvalue weighted by atomic mass is 10.1. The van der Waals surface area contributed by atoms with E-state index in [0.29, 0.717) is 10.6 Å². The number of thiophene rings is 1. The van der Waals surface area contributed by atoms with E-state index in [-0.39, 0.29) is 0 Å². The van der Waals surface area contributed by atoms with Crippen molar-refractivity contribution in [3.63, 3.8) is 0 Å². The first-order valence-electron chi connectivity index (χ1n) is 7.39. The molecule has 126 valence electrons. The molecule has 0 bridgehead atoms. The summed E-state index contributed by atoms with van der Waals surface area (Å²) in [5, 5.41) is 2.82. The van der Waals surface area contributed by atoms with Crippen LogP contribution in [0.4, 0.5) is 5.69 Å². The van der Waals surface area contributed by atoms with Gasteiger partial charge in [0.25, 0.3) is 10.0 Å². The molecule has 0 saturated carbocycles. The molecule has 0 aliphatic heterocycles. The normalized spacial score (nSPS) is 11.7. The summed E-state index contributed by atoms with van der Waals surface area (Å²) in [7, 11) is -3.62. The monoisotopic (exact) mass is 378 g/mol. The van der Waals surface area contributed by atoms with E-state index in [0.717, 1.165) is 31.6 Å². The lowest BCUT2D eigenvalue weighted by Gasteiger charge is -2.09.